The maximum absolute atomic E-state index is 12.0. The van der Waals surface area contributed by atoms with Gasteiger partial charge < -0.3 is 15.8 Å². The Kier molecular flexibility index (Phi) is 8.86. The molecule has 122 valence electrons. The maximum Gasteiger partial charge on any atom is 0.230 e. The van der Waals surface area contributed by atoms with Crippen LogP contribution in [0.25, 0.3) is 0 Å². The molecule has 1 heterocycles. The number of thiazole rings is 1. The van der Waals surface area contributed by atoms with Crippen LogP contribution in [0.4, 0.5) is 11.4 Å². The number of hydrogen-bond donors (Lipinski definition) is 2. The number of nitrogen functional groups attached to an aromatic ring is 1. The van der Waals surface area contributed by atoms with Gasteiger partial charge in [-0.2, -0.15) is 0 Å². The van der Waals surface area contributed by atoms with E-state index in [0.29, 0.717) is 17.1 Å². The van der Waals surface area contributed by atoms with E-state index in [1.54, 1.807) is 36.6 Å². The lowest BCUT2D eigenvalue weighted by Crippen LogP contribution is -2.15. The predicted octanol–water partition coefficient (Wildman–Crippen LogP) is 3.32. The van der Waals surface area contributed by atoms with Crippen molar-refractivity contribution in [2.45, 2.75) is 19.8 Å². The molecule has 2 rings (SSSR count). The Balaban J connectivity index is 0.00000220. The van der Waals surface area contributed by atoms with Gasteiger partial charge in [-0.3, -0.25) is 4.79 Å². The third-order valence-corrected chi connectivity index (χ3v) is 3.82. The monoisotopic (exact) mass is 363 g/mol. The predicted molar refractivity (Wildman–Crippen MR) is 95.7 cm³/mol. The van der Waals surface area contributed by atoms with Crippen LogP contribution < -0.4 is 15.8 Å². The lowest BCUT2D eigenvalue weighted by atomic mass is 10.2. The molecule has 0 saturated carbocycles. The average molecular weight is 364 g/mol. The summed E-state index contributed by atoms with van der Waals surface area (Å²) in [4.78, 5) is 16.4. The molecule has 0 unspecified atom stereocenters. The molecule has 0 fully saturated rings. The number of methoxy groups -OCH3 is 1. The fraction of sp³-hybridized carbons (Fsp3) is 0.286. The summed E-state index contributed by atoms with van der Waals surface area (Å²) in [6.45, 7) is 2.04. The molecule has 0 bridgehead atoms. The molecule has 0 aliphatic heterocycles. The third-order valence-electron chi connectivity index (χ3n) is 2.78. The molecule has 0 saturated heterocycles. The average Bonchev–Trinajstić information content (AvgIpc) is 2.88. The molecular formula is C14H19Cl2N3O2S. The van der Waals surface area contributed by atoms with Crippen LogP contribution in [0.5, 0.6) is 5.75 Å². The minimum absolute atomic E-state index is 0. The summed E-state index contributed by atoms with van der Waals surface area (Å²) in [6, 6.07) is 5.15. The second-order valence-electron chi connectivity index (χ2n) is 4.26. The number of benzene rings is 1. The molecule has 8 heteroatoms. The van der Waals surface area contributed by atoms with E-state index in [1.807, 2.05) is 12.3 Å². The van der Waals surface area contributed by atoms with Gasteiger partial charge in [0.1, 0.15) is 5.75 Å². The van der Waals surface area contributed by atoms with Gasteiger partial charge in [-0.15, -0.1) is 36.2 Å². The molecule has 5 nitrogen and oxygen atoms in total. The van der Waals surface area contributed by atoms with Crippen molar-refractivity contribution in [3.05, 3.63) is 34.3 Å². The van der Waals surface area contributed by atoms with Crippen LogP contribution in [0.1, 0.15) is 17.6 Å². The smallest absolute Gasteiger partial charge is 0.230 e. The minimum Gasteiger partial charge on any atom is -0.497 e. The number of aromatic nitrogens is 1. The summed E-state index contributed by atoms with van der Waals surface area (Å²) in [5.41, 5.74) is 7.67. The van der Waals surface area contributed by atoms with Crippen molar-refractivity contribution in [3.63, 3.8) is 0 Å². The zero-order valence-electron chi connectivity index (χ0n) is 12.3. The quantitative estimate of drug-likeness (QED) is 0.798. The first-order chi connectivity index (χ1) is 9.62. The zero-order chi connectivity index (χ0) is 14.5. The molecule has 0 atom stereocenters. The molecule has 1 amide bonds. The van der Waals surface area contributed by atoms with E-state index in [2.05, 4.69) is 10.3 Å². The molecule has 3 N–H and O–H groups in total. The maximum atomic E-state index is 12.0. The number of carbonyl (C=O) groups is 1. The molecule has 0 spiro atoms. The van der Waals surface area contributed by atoms with Gasteiger partial charge in [0, 0.05) is 11.4 Å². The van der Waals surface area contributed by atoms with E-state index < -0.39 is 0 Å². The number of amides is 1. The van der Waals surface area contributed by atoms with Gasteiger partial charge in [0.15, 0.2) is 0 Å². The van der Waals surface area contributed by atoms with E-state index in [-0.39, 0.29) is 37.1 Å². The van der Waals surface area contributed by atoms with E-state index in [0.717, 1.165) is 17.1 Å². The Bertz CT molecular complexity index is 620. The van der Waals surface area contributed by atoms with Crippen molar-refractivity contribution < 1.29 is 9.53 Å². The molecule has 0 aliphatic carbocycles. The van der Waals surface area contributed by atoms with Crippen LogP contribution in [0.2, 0.25) is 0 Å². The van der Waals surface area contributed by atoms with Crippen molar-refractivity contribution >= 4 is 53.4 Å². The molecule has 0 aliphatic rings. The summed E-state index contributed by atoms with van der Waals surface area (Å²) in [5.74, 6) is 0.509. The fourth-order valence-electron chi connectivity index (χ4n) is 1.72. The Morgan fingerprint density at radius 1 is 1.41 bits per heavy atom. The van der Waals surface area contributed by atoms with Gasteiger partial charge in [-0.05, 0) is 18.6 Å². The molecule has 0 radical (unpaired) electrons. The van der Waals surface area contributed by atoms with Crippen molar-refractivity contribution in [3.8, 4) is 5.75 Å². The van der Waals surface area contributed by atoms with Gasteiger partial charge in [0.05, 0.1) is 35.6 Å². The normalized spacial score (nSPS) is 9.36. The molecule has 22 heavy (non-hydrogen) atoms. The Labute approximate surface area is 146 Å². The number of nitrogens with zero attached hydrogens (tertiary/aromatic N) is 1. The molecule has 2 aromatic rings. The van der Waals surface area contributed by atoms with Crippen LogP contribution in [0.3, 0.4) is 0 Å². The second-order valence-corrected chi connectivity index (χ2v) is 5.21. The highest BCUT2D eigenvalue weighted by atomic mass is 35.5. The van der Waals surface area contributed by atoms with Gasteiger partial charge >= 0.3 is 0 Å². The SMILES string of the molecule is CCc1nc(CC(=O)Nc2cc(OC)ccc2N)cs1.Cl.Cl. The van der Waals surface area contributed by atoms with Crippen LogP contribution in [0, 0.1) is 0 Å². The summed E-state index contributed by atoms with van der Waals surface area (Å²) in [5, 5.41) is 5.73. The largest absolute Gasteiger partial charge is 0.497 e. The van der Waals surface area contributed by atoms with E-state index in [9.17, 15) is 4.79 Å². The highest BCUT2D eigenvalue weighted by Gasteiger charge is 2.10. The molecular weight excluding hydrogens is 345 g/mol. The first kappa shape index (κ1) is 20.5. The summed E-state index contributed by atoms with van der Waals surface area (Å²) in [6.07, 6.45) is 1.13. The van der Waals surface area contributed by atoms with Crippen LogP contribution in [0.15, 0.2) is 23.6 Å². The van der Waals surface area contributed by atoms with Gasteiger partial charge in [0.2, 0.25) is 5.91 Å². The molecule has 1 aromatic heterocycles. The second kappa shape index (κ2) is 9.50. The third kappa shape index (κ3) is 5.36. The number of rotatable bonds is 5. The molecule has 1 aromatic carbocycles. The van der Waals surface area contributed by atoms with Crippen molar-refractivity contribution in [2.75, 3.05) is 18.2 Å². The van der Waals surface area contributed by atoms with Gasteiger partial charge in [0.25, 0.3) is 0 Å². The van der Waals surface area contributed by atoms with E-state index in [1.165, 1.54) is 0 Å². The van der Waals surface area contributed by atoms with E-state index >= 15 is 0 Å². The topological polar surface area (TPSA) is 77.2 Å². The van der Waals surface area contributed by atoms with Crippen molar-refractivity contribution in [2.24, 2.45) is 0 Å². The first-order valence-electron chi connectivity index (χ1n) is 6.29. The number of halogens is 2. The van der Waals surface area contributed by atoms with Crippen molar-refractivity contribution in [1.29, 1.82) is 0 Å². The Morgan fingerprint density at radius 2 is 2.14 bits per heavy atom. The van der Waals surface area contributed by atoms with Crippen LogP contribution in [-0.2, 0) is 17.6 Å². The van der Waals surface area contributed by atoms with E-state index in [4.69, 9.17) is 10.5 Å². The van der Waals surface area contributed by atoms with Gasteiger partial charge in [-0.1, -0.05) is 6.92 Å². The standard InChI is InChI=1S/C14H17N3O2S.2ClH/c1-3-14-16-9(8-20-14)6-13(18)17-12-7-10(19-2)4-5-11(12)15;;/h4-5,7-8H,3,6,15H2,1-2H3,(H,17,18);2*1H. The number of aryl methyl sites for hydroxylation is 1. The lowest BCUT2D eigenvalue weighted by Gasteiger charge is -2.09. The number of hydrogen-bond acceptors (Lipinski definition) is 5. The number of carbonyl (C=O) groups excluding carboxylic acids is 1. The highest BCUT2D eigenvalue weighted by Crippen LogP contribution is 2.24. The zero-order valence-corrected chi connectivity index (χ0v) is 14.7. The minimum atomic E-state index is -0.141. The summed E-state index contributed by atoms with van der Waals surface area (Å²) < 4.78 is 5.11. The lowest BCUT2D eigenvalue weighted by molar-refractivity contribution is -0.115. The van der Waals surface area contributed by atoms with Crippen LogP contribution in [-0.4, -0.2) is 18.0 Å². The summed E-state index contributed by atoms with van der Waals surface area (Å²) >= 11 is 1.57. The number of ether oxygens (including phenoxy) is 1. The Morgan fingerprint density at radius 3 is 2.73 bits per heavy atom. The Hall–Kier alpha value is -1.50. The van der Waals surface area contributed by atoms with Gasteiger partial charge in [-0.25, -0.2) is 4.98 Å². The number of anilines is 2. The van der Waals surface area contributed by atoms with Crippen LogP contribution >= 0.6 is 36.2 Å². The highest BCUT2D eigenvalue weighted by molar-refractivity contribution is 7.09. The summed E-state index contributed by atoms with van der Waals surface area (Å²) in [7, 11) is 1.57. The van der Waals surface area contributed by atoms with Crippen molar-refractivity contribution in [1.82, 2.24) is 4.98 Å². The fourth-order valence-corrected chi connectivity index (χ4v) is 2.47. The number of nitrogens with one attached hydrogen (secondary N) is 1. The first-order valence-corrected chi connectivity index (χ1v) is 7.17. The number of nitrogens with two attached hydrogens (primary N) is 1.